The topological polar surface area (TPSA) is 38.3 Å². The lowest BCUT2D eigenvalue weighted by atomic mass is 10.1. The number of hydrogen-bond acceptors (Lipinski definition) is 2. The minimum atomic E-state index is -0.0286. The fourth-order valence-corrected chi connectivity index (χ4v) is 2.16. The van der Waals surface area contributed by atoms with Crippen molar-refractivity contribution in [2.75, 3.05) is 6.61 Å². The number of benzene rings is 2. The van der Waals surface area contributed by atoms with Crippen LogP contribution in [0.1, 0.15) is 18.1 Å². The summed E-state index contributed by atoms with van der Waals surface area (Å²) in [5.41, 5.74) is 1.87. The summed E-state index contributed by atoms with van der Waals surface area (Å²) in [5.74, 6) is 0.789. The number of halogens is 1. The molecule has 2 aromatic rings. The van der Waals surface area contributed by atoms with Gasteiger partial charge in [0.1, 0.15) is 5.75 Å². The van der Waals surface area contributed by atoms with Crippen molar-refractivity contribution in [3.8, 4) is 5.75 Å². The minimum Gasteiger partial charge on any atom is -0.494 e. The largest absolute Gasteiger partial charge is 0.494 e. The highest BCUT2D eigenvalue weighted by Crippen LogP contribution is 2.15. The summed E-state index contributed by atoms with van der Waals surface area (Å²) in [6.07, 6.45) is 0.344. The first-order valence-electron chi connectivity index (χ1n) is 6.91. The molecule has 0 fully saturated rings. The van der Waals surface area contributed by atoms with Gasteiger partial charge < -0.3 is 10.1 Å². The third-order valence-corrected chi connectivity index (χ3v) is 3.40. The lowest BCUT2D eigenvalue weighted by molar-refractivity contribution is -0.120. The second-order valence-electron chi connectivity index (χ2n) is 4.62. The Balaban J connectivity index is 1.85. The second-order valence-corrected chi connectivity index (χ2v) is 5.03. The van der Waals surface area contributed by atoms with Crippen molar-refractivity contribution in [2.45, 2.75) is 19.9 Å². The molecule has 0 saturated carbocycles. The first-order chi connectivity index (χ1) is 10.2. The highest BCUT2D eigenvalue weighted by molar-refractivity contribution is 6.31. The van der Waals surface area contributed by atoms with E-state index in [0.29, 0.717) is 24.6 Å². The maximum atomic E-state index is 11.9. The minimum absolute atomic E-state index is 0.0286. The molecule has 3 nitrogen and oxygen atoms in total. The Bertz CT molecular complexity index is 596. The van der Waals surface area contributed by atoms with Crippen LogP contribution in [0.4, 0.5) is 0 Å². The van der Waals surface area contributed by atoms with Gasteiger partial charge in [0.15, 0.2) is 0 Å². The molecule has 0 aliphatic heterocycles. The standard InChI is InChI=1S/C17H18ClNO2/c1-2-21-15-9-7-13(8-10-15)11-17(20)19-12-14-5-3-4-6-16(14)18/h3-10H,2,11-12H2,1H3,(H,19,20). The van der Waals surface area contributed by atoms with Crippen LogP contribution in [-0.2, 0) is 17.8 Å². The average molecular weight is 304 g/mol. The molecular weight excluding hydrogens is 286 g/mol. The van der Waals surface area contributed by atoms with Crippen LogP contribution in [0.5, 0.6) is 5.75 Å². The molecule has 0 saturated heterocycles. The van der Waals surface area contributed by atoms with Crippen LogP contribution in [0, 0.1) is 0 Å². The van der Waals surface area contributed by atoms with Gasteiger partial charge in [-0.25, -0.2) is 0 Å². The van der Waals surface area contributed by atoms with Gasteiger partial charge in [0, 0.05) is 11.6 Å². The van der Waals surface area contributed by atoms with Gasteiger partial charge in [-0.3, -0.25) is 4.79 Å². The fraction of sp³-hybridized carbons (Fsp3) is 0.235. The summed E-state index contributed by atoms with van der Waals surface area (Å²) in [6, 6.07) is 15.0. The molecule has 0 atom stereocenters. The van der Waals surface area contributed by atoms with E-state index in [-0.39, 0.29) is 5.91 Å². The number of carbonyl (C=O) groups excluding carboxylic acids is 1. The number of hydrogen-bond donors (Lipinski definition) is 1. The van der Waals surface area contributed by atoms with Crippen LogP contribution in [0.25, 0.3) is 0 Å². The molecule has 0 aromatic heterocycles. The number of ether oxygens (including phenoxy) is 1. The molecule has 0 unspecified atom stereocenters. The third-order valence-electron chi connectivity index (χ3n) is 3.03. The number of carbonyl (C=O) groups is 1. The quantitative estimate of drug-likeness (QED) is 0.885. The van der Waals surface area contributed by atoms with Crippen LogP contribution in [0.3, 0.4) is 0 Å². The maximum Gasteiger partial charge on any atom is 0.224 e. The van der Waals surface area contributed by atoms with Crippen LogP contribution in [0.15, 0.2) is 48.5 Å². The van der Waals surface area contributed by atoms with E-state index in [9.17, 15) is 4.79 Å². The van der Waals surface area contributed by atoms with Crippen LogP contribution < -0.4 is 10.1 Å². The molecule has 1 amide bonds. The maximum absolute atomic E-state index is 11.9. The molecule has 0 radical (unpaired) electrons. The number of amides is 1. The van der Waals surface area contributed by atoms with Crippen molar-refractivity contribution in [1.82, 2.24) is 5.32 Å². The van der Waals surface area contributed by atoms with E-state index in [0.717, 1.165) is 16.9 Å². The summed E-state index contributed by atoms with van der Waals surface area (Å²) < 4.78 is 5.37. The lowest BCUT2D eigenvalue weighted by Crippen LogP contribution is -2.24. The Morgan fingerprint density at radius 1 is 1.14 bits per heavy atom. The number of nitrogens with one attached hydrogen (secondary N) is 1. The Labute approximate surface area is 129 Å². The highest BCUT2D eigenvalue weighted by Gasteiger charge is 2.05. The van der Waals surface area contributed by atoms with Gasteiger partial charge >= 0.3 is 0 Å². The predicted molar refractivity (Wildman–Crippen MR) is 84.6 cm³/mol. The van der Waals surface area contributed by atoms with Crippen LogP contribution in [-0.4, -0.2) is 12.5 Å². The third kappa shape index (κ3) is 4.80. The zero-order chi connectivity index (χ0) is 15.1. The van der Waals surface area contributed by atoms with Gasteiger partial charge in [-0.2, -0.15) is 0 Å². The summed E-state index contributed by atoms with van der Waals surface area (Å²) >= 11 is 6.05. The van der Waals surface area contributed by atoms with Gasteiger partial charge in [0.2, 0.25) is 5.91 Å². The Kier molecular flexibility index (Phi) is 5.64. The van der Waals surface area contributed by atoms with E-state index in [2.05, 4.69) is 5.32 Å². The van der Waals surface area contributed by atoms with Gasteiger partial charge in [-0.15, -0.1) is 0 Å². The van der Waals surface area contributed by atoms with Crippen molar-refractivity contribution < 1.29 is 9.53 Å². The molecule has 0 aliphatic rings. The van der Waals surface area contributed by atoms with Crippen molar-refractivity contribution in [1.29, 1.82) is 0 Å². The second kappa shape index (κ2) is 7.70. The zero-order valence-corrected chi connectivity index (χ0v) is 12.7. The molecule has 1 N–H and O–H groups in total. The Hall–Kier alpha value is -2.00. The molecule has 4 heteroatoms. The van der Waals surface area contributed by atoms with Gasteiger partial charge in [0.05, 0.1) is 13.0 Å². The molecular formula is C17H18ClNO2. The van der Waals surface area contributed by atoms with Crippen LogP contribution >= 0.6 is 11.6 Å². The summed E-state index contributed by atoms with van der Waals surface area (Å²) in [5, 5.41) is 3.54. The van der Waals surface area contributed by atoms with E-state index >= 15 is 0 Å². The highest BCUT2D eigenvalue weighted by atomic mass is 35.5. The van der Waals surface area contributed by atoms with E-state index in [4.69, 9.17) is 16.3 Å². The molecule has 0 bridgehead atoms. The summed E-state index contributed by atoms with van der Waals surface area (Å²) in [4.78, 5) is 11.9. The van der Waals surface area contributed by atoms with E-state index < -0.39 is 0 Å². The van der Waals surface area contributed by atoms with Crippen molar-refractivity contribution >= 4 is 17.5 Å². The molecule has 0 aliphatic carbocycles. The van der Waals surface area contributed by atoms with Crippen LogP contribution in [0.2, 0.25) is 5.02 Å². The van der Waals surface area contributed by atoms with E-state index in [1.807, 2.05) is 55.5 Å². The van der Waals surface area contributed by atoms with Gasteiger partial charge in [-0.05, 0) is 36.2 Å². The molecule has 2 aromatic carbocycles. The number of rotatable bonds is 6. The smallest absolute Gasteiger partial charge is 0.224 e. The monoisotopic (exact) mass is 303 g/mol. The van der Waals surface area contributed by atoms with E-state index in [1.54, 1.807) is 0 Å². The van der Waals surface area contributed by atoms with E-state index in [1.165, 1.54) is 0 Å². The Morgan fingerprint density at radius 2 is 1.86 bits per heavy atom. The average Bonchev–Trinajstić information content (AvgIpc) is 2.49. The molecule has 0 heterocycles. The zero-order valence-electron chi connectivity index (χ0n) is 11.9. The fourth-order valence-electron chi connectivity index (χ4n) is 1.95. The van der Waals surface area contributed by atoms with Crippen molar-refractivity contribution in [2.24, 2.45) is 0 Å². The predicted octanol–water partition coefficient (Wildman–Crippen LogP) is 3.60. The SMILES string of the molecule is CCOc1ccc(CC(=O)NCc2ccccc2Cl)cc1. The first-order valence-corrected chi connectivity index (χ1v) is 7.28. The molecule has 0 spiro atoms. The lowest BCUT2D eigenvalue weighted by Gasteiger charge is -2.08. The van der Waals surface area contributed by atoms with Gasteiger partial charge in [-0.1, -0.05) is 41.9 Å². The normalized spacial score (nSPS) is 10.2. The molecule has 2 rings (SSSR count). The summed E-state index contributed by atoms with van der Waals surface area (Å²) in [6.45, 7) is 3.02. The molecule has 21 heavy (non-hydrogen) atoms. The van der Waals surface area contributed by atoms with Crippen molar-refractivity contribution in [3.05, 3.63) is 64.7 Å². The van der Waals surface area contributed by atoms with Crippen molar-refractivity contribution in [3.63, 3.8) is 0 Å². The summed E-state index contributed by atoms with van der Waals surface area (Å²) in [7, 11) is 0. The first kappa shape index (κ1) is 15.4. The van der Waals surface area contributed by atoms with Gasteiger partial charge in [0.25, 0.3) is 0 Å². The Morgan fingerprint density at radius 3 is 2.52 bits per heavy atom. The molecule has 110 valence electrons.